The topological polar surface area (TPSA) is 87.7 Å². The maximum atomic E-state index is 14.7. The number of hydrogen-bond donors (Lipinski definition) is 1. The van der Waals surface area contributed by atoms with E-state index < -0.39 is 35.2 Å². The number of amides is 1. The Hall–Kier alpha value is -3.37. The zero-order valence-corrected chi connectivity index (χ0v) is 16.9. The van der Waals surface area contributed by atoms with Crippen molar-refractivity contribution in [3.05, 3.63) is 58.7 Å². The first-order chi connectivity index (χ1) is 15.3. The average Bonchev–Trinajstić information content (AvgIpc) is 3.27. The van der Waals surface area contributed by atoms with Crippen molar-refractivity contribution in [3.63, 3.8) is 0 Å². The van der Waals surface area contributed by atoms with E-state index in [1.165, 1.54) is 4.90 Å². The van der Waals surface area contributed by atoms with Crippen molar-refractivity contribution >= 4 is 5.91 Å². The molecule has 0 aromatic carbocycles. The van der Waals surface area contributed by atoms with E-state index in [-0.39, 0.29) is 6.04 Å². The molecule has 0 spiro atoms. The number of halogens is 4. The number of aromatic amines is 1. The second-order valence-electron chi connectivity index (χ2n) is 7.99. The van der Waals surface area contributed by atoms with Gasteiger partial charge < -0.3 is 4.90 Å². The summed E-state index contributed by atoms with van der Waals surface area (Å²) >= 11 is 0. The fraction of sp³-hybridized carbons (Fsp3) is 0.381. The summed E-state index contributed by atoms with van der Waals surface area (Å²) < 4.78 is 54.1. The van der Waals surface area contributed by atoms with Crippen molar-refractivity contribution in [1.29, 1.82) is 0 Å². The van der Waals surface area contributed by atoms with Crippen LogP contribution in [0, 0.1) is 12.7 Å². The molecule has 1 amide bonds. The number of aromatic nitrogens is 5. The van der Waals surface area contributed by atoms with Gasteiger partial charge in [-0.15, -0.1) is 0 Å². The van der Waals surface area contributed by atoms with Gasteiger partial charge in [-0.05, 0) is 44.7 Å². The van der Waals surface area contributed by atoms with Gasteiger partial charge in [0.25, 0.3) is 5.91 Å². The Morgan fingerprint density at radius 3 is 2.72 bits per heavy atom. The zero-order chi connectivity index (χ0) is 22.6. The summed E-state index contributed by atoms with van der Waals surface area (Å²) in [5, 5.41) is 6.88. The molecule has 2 bridgehead atoms. The minimum Gasteiger partial charge on any atom is -0.327 e. The number of piperidine rings is 1. The summed E-state index contributed by atoms with van der Waals surface area (Å²) in [5.41, 5.74) is 0.627. The summed E-state index contributed by atoms with van der Waals surface area (Å²) in [5.74, 6) is -1.93. The van der Waals surface area contributed by atoms with Crippen molar-refractivity contribution in [2.45, 2.75) is 50.9 Å². The molecule has 2 aliphatic rings. The Kier molecular flexibility index (Phi) is 4.72. The van der Waals surface area contributed by atoms with E-state index in [2.05, 4.69) is 25.1 Å². The molecule has 7 nitrogen and oxygen atoms in total. The quantitative estimate of drug-likeness (QED) is 0.601. The zero-order valence-electron chi connectivity index (χ0n) is 16.9. The summed E-state index contributed by atoms with van der Waals surface area (Å²) in [6, 6.07) is 2.01. The van der Waals surface area contributed by atoms with E-state index in [0.29, 0.717) is 36.5 Å². The number of fused-ring (bicyclic) bond motifs is 4. The summed E-state index contributed by atoms with van der Waals surface area (Å²) in [4.78, 5) is 27.1. The Bertz CT molecular complexity index is 1190. The number of nitrogens with zero attached hydrogens (tertiary/aromatic N) is 5. The molecule has 2 aliphatic heterocycles. The second-order valence-corrected chi connectivity index (χ2v) is 7.99. The fourth-order valence-corrected chi connectivity index (χ4v) is 4.74. The molecule has 1 fully saturated rings. The molecule has 0 unspecified atom stereocenters. The molecule has 0 saturated carbocycles. The third-order valence-corrected chi connectivity index (χ3v) is 6.03. The normalized spacial score (nSPS) is 20.2. The van der Waals surface area contributed by atoms with Crippen molar-refractivity contribution in [2.24, 2.45) is 0 Å². The molecular formula is C21H18F4N6O. The van der Waals surface area contributed by atoms with Gasteiger partial charge in [-0.2, -0.15) is 18.3 Å². The third kappa shape index (κ3) is 3.23. The third-order valence-electron chi connectivity index (χ3n) is 6.03. The molecule has 0 aliphatic carbocycles. The van der Waals surface area contributed by atoms with E-state index in [1.54, 1.807) is 19.2 Å². The number of pyridine rings is 1. The van der Waals surface area contributed by atoms with Gasteiger partial charge in [-0.25, -0.2) is 19.3 Å². The van der Waals surface area contributed by atoms with E-state index in [0.717, 1.165) is 29.9 Å². The molecule has 11 heteroatoms. The van der Waals surface area contributed by atoms with Crippen LogP contribution >= 0.6 is 0 Å². The van der Waals surface area contributed by atoms with Crippen LogP contribution < -0.4 is 0 Å². The first kappa shape index (κ1) is 20.5. The maximum Gasteiger partial charge on any atom is 0.436 e. The Balaban J connectivity index is 1.60. The first-order valence-corrected chi connectivity index (χ1v) is 10.2. The molecule has 5 heterocycles. The number of hydrogen-bond acceptors (Lipinski definition) is 5. The molecule has 32 heavy (non-hydrogen) atoms. The highest BCUT2D eigenvalue weighted by molar-refractivity contribution is 5.95. The van der Waals surface area contributed by atoms with Gasteiger partial charge in [0, 0.05) is 24.0 Å². The van der Waals surface area contributed by atoms with Crippen LogP contribution in [0.4, 0.5) is 17.6 Å². The van der Waals surface area contributed by atoms with E-state index in [1.807, 2.05) is 0 Å². The van der Waals surface area contributed by atoms with Gasteiger partial charge in [0.2, 0.25) is 0 Å². The van der Waals surface area contributed by atoms with Crippen molar-refractivity contribution in [2.75, 3.05) is 0 Å². The molecule has 1 saturated heterocycles. The number of aryl methyl sites for hydroxylation is 1. The second kappa shape index (κ2) is 7.35. The Morgan fingerprint density at radius 1 is 1.19 bits per heavy atom. The van der Waals surface area contributed by atoms with Crippen molar-refractivity contribution in [1.82, 2.24) is 30.0 Å². The minimum absolute atomic E-state index is 0.302. The number of nitrogens with one attached hydrogen (secondary N) is 1. The number of rotatable bonds is 2. The Morgan fingerprint density at radius 2 is 2.00 bits per heavy atom. The highest BCUT2D eigenvalue weighted by Crippen LogP contribution is 2.44. The van der Waals surface area contributed by atoms with Crippen LogP contribution in [0.15, 0.2) is 24.5 Å². The van der Waals surface area contributed by atoms with Gasteiger partial charge in [0.05, 0.1) is 28.7 Å². The number of alkyl halides is 3. The highest BCUT2D eigenvalue weighted by atomic mass is 19.4. The maximum absolute atomic E-state index is 14.7. The fourth-order valence-electron chi connectivity index (χ4n) is 4.74. The molecule has 5 rings (SSSR count). The summed E-state index contributed by atoms with van der Waals surface area (Å²) in [6.45, 7) is 1.74. The first-order valence-electron chi connectivity index (χ1n) is 10.2. The van der Waals surface area contributed by atoms with Gasteiger partial charge in [-0.3, -0.25) is 9.89 Å². The molecular weight excluding hydrogens is 428 g/mol. The lowest BCUT2D eigenvalue weighted by Crippen LogP contribution is -2.50. The summed E-state index contributed by atoms with van der Waals surface area (Å²) in [6.07, 6.45) is -0.0883. The number of carbonyl (C=O) groups excluding carboxylic acids is 1. The lowest BCUT2D eigenvalue weighted by Gasteiger charge is -2.46. The predicted molar refractivity (Wildman–Crippen MR) is 104 cm³/mol. The smallest absolute Gasteiger partial charge is 0.327 e. The van der Waals surface area contributed by atoms with Gasteiger partial charge in [0.1, 0.15) is 5.82 Å². The van der Waals surface area contributed by atoms with E-state index in [9.17, 15) is 22.4 Å². The largest absolute Gasteiger partial charge is 0.436 e. The minimum atomic E-state index is -4.99. The summed E-state index contributed by atoms with van der Waals surface area (Å²) in [7, 11) is 0. The molecule has 2 atom stereocenters. The number of H-pyrrole nitrogens is 1. The van der Waals surface area contributed by atoms with Crippen LogP contribution in [0.5, 0.6) is 0 Å². The van der Waals surface area contributed by atoms with Crippen molar-refractivity contribution < 1.29 is 22.4 Å². The van der Waals surface area contributed by atoms with E-state index in [4.69, 9.17) is 0 Å². The van der Waals surface area contributed by atoms with Crippen LogP contribution in [0.1, 0.15) is 58.4 Å². The van der Waals surface area contributed by atoms with Crippen LogP contribution in [0.3, 0.4) is 0 Å². The van der Waals surface area contributed by atoms with Crippen LogP contribution in [-0.4, -0.2) is 42.0 Å². The molecule has 1 N–H and O–H groups in total. The molecule has 3 aromatic heterocycles. The van der Waals surface area contributed by atoms with Crippen LogP contribution in [0.2, 0.25) is 0 Å². The number of carbonyl (C=O) groups is 1. The van der Waals surface area contributed by atoms with Gasteiger partial charge in [0.15, 0.2) is 11.5 Å². The van der Waals surface area contributed by atoms with Gasteiger partial charge >= 0.3 is 6.18 Å². The molecule has 3 aromatic rings. The van der Waals surface area contributed by atoms with Gasteiger partial charge in [-0.1, -0.05) is 0 Å². The van der Waals surface area contributed by atoms with E-state index >= 15 is 0 Å². The van der Waals surface area contributed by atoms with Crippen molar-refractivity contribution in [3.8, 4) is 11.4 Å². The molecule has 166 valence electrons. The lowest BCUT2D eigenvalue weighted by atomic mass is 9.81. The van der Waals surface area contributed by atoms with Crippen LogP contribution in [0.25, 0.3) is 11.4 Å². The van der Waals surface area contributed by atoms with Crippen LogP contribution in [-0.2, 0) is 12.6 Å². The predicted octanol–water partition coefficient (Wildman–Crippen LogP) is 4.02. The molecule has 0 radical (unpaired) electrons. The average molecular weight is 446 g/mol. The Labute approximate surface area is 179 Å². The highest BCUT2D eigenvalue weighted by Gasteiger charge is 2.45. The lowest BCUT2D eigenvalue weighted by molar-refractivity contribution is -0.143. The SMILES string of the molecule is Cc1nc(-c2ccn[nH]2)c2c(n1)[C@H]1CCC[C@@H](C2)N1C(=O)c1ccnc(C(F)(F)F)c1F. The standard InChI is InChI=1S/C21H18F4N6O/c1-10-28-17(14-6-8-27-30-14)13-9-11-3-2-4-15(18(13)29-10)31(11)20(32)12-5-7-26-19(16(12)22)21(23,24)25/h5-8,11,15H,2-4,9H2,1H3,(H,27,30)/t11-,15+/m0/s1. The monoisotopic (exact) mass is 446 g/mol.